The van der Waals surface area contributed by atoms with Crippen molar-refractivity contribution in [2.45, 2.75) is 33.6 Å². The number of rotatable bonds is 7. The molecule has 0 amide bonds. The lowest BCUT2D eigenvalue weighted by Crippen LogP contribution is -2.09. The maximum atomic E-state index is 9.95. The number of hydrogen-bond donors (Lipinski definition) is 2. The molecule has 0 saturated carbocycles. The van der Waals surface area contributed by atoms with Crippen molar-refractivity contribution < 1.29 is 9.84 Å². The Balaban J connectivity index is 1.75. The van der Waals surface area contributed by atoms with E-state index < -0.39 is 0 Å². The number of nitriles is 1. The van der Waals surface area contributed by atoms with E-state index in [9.17, 15) is 5.11 Å². The molecule has 0 radical (unpaired) electrons. The Morgan fingerprint density at radius 1 is 1.07 bits per heavy atom. The molecular formula is C23H23N3O2. The van der Waals surface area contributed by atoms with Gasteiger partial charge in [-0.25, -0.2) is 0 Å². The highest BCUT2D eigenvalue weighted by molar-refractivity contribution is 5.49. The molecule has 0 bridgehead atoms. The number of nitrogens with zero attached hydrogens (tertiary/aromatic N) is 2. The van der Waals surface area contributed by atoms with Gasteiger partial charge < -0.3 is 15.2 Å². The molecule has 0 spiro atoms. The molecular weight excluding hydrogens is 350 g/mol. The van der Waals surface area contributed by atoms with Crippen LogP contribution in [0.5, 0.6) is 5.75 Å². The molecule has 3 aromatic rings. The zero-order valence-corrected chi connectivity index (χ0v) is 16.1. The minimum Gasteiger partial charge on any atom is -0.487 e. The fourth-order valence-corrected chi connectivity index (χ4v) is 2.89. The van der Waals surface area contributed by atoms with Crippen LogP contribution in [0.2, 0.25) is 0 Å². The summed E-state index contributed by atoms with van der Waals surface area (Å²) < 4.78 is 6.02. The van der Waals surface area contributed by atoms with Gasteiger partial charge >= 0.3 is 0 Å². The standard InChI is InChI=1S/C23H23N3O2/c1-16-3-5-19(6-4-16)15-28-23-17(2)25-12-20(22(23)14-27)13-26-21-9-7-18(11-24)8-10-21/h3-10,12,26-27H,13-15H2,1-2H3. The third-order valence-electron chi connectivity index (χ3n) is 4.56. The van der Waals surface area contributed by atoms with Crippen molar-refractivity contribution in [3.8, 4) is 11.8 Å². The maximum absolute atomic E-state index is 9.95. The number of aliphatic hydroxyl groups excluding tert-OH is 1. The number of hydrogen-bond acceptors (Lipinski definition) is 5. The quantitative estimate of drug-likeness (QED) is 0.647. The lowest BCUT2D eigenvalue weighted by molar-refractivity contribution is 0.256. The Kier molecular flexibility index (Phi) is 6.25. The van der Waals surface area contributed by atoms with Gasteiger partial charge in [-0.05, 0) is 49.2 Å². The van der Waals surface area contributed by atoms with E-state index in [0.29, 0.717) is 24.5 Å². The van der Waals surface area contributed by atoms with E-state index in [-0.39, 0.29) is 6.61 Å². The highest BCUT2D eigenvalue weighted by Gasteiger charge is 2.14. The number of benzene rings is 2. The predicted octanol–water partition coefficient (Wildman–Crippen LogP) is 4.25. The summed E-state index contributed by atoms with van der Waals surface area (Å²) in [5.41, 5.74) is 6.13. The Morgan fingerprint density at radius 2 is 1.79 bits per heavy atom. The second-order valence-corrected chi connectivity index (χ2v) is 6.65. The molecule has 0 aliphatic heterocycles. The first kappa shape index (κ1) is 19.4. The Morgan fingerprint density at radius 3 is 2.43 bits per heavy atom. The normalized spacial score (nSPS) is 10.4. The van der Waals surface area contributed by atoms with Gasteiger partial charge in [0.2, 0.25) is 0 Å². The van der Waals surface area contributed by atoms with E-state index in [4.69, 9.17) is 10.00 Å². The van der Waals surface area contributed by atoms with E-state index in [0.717, 1.165) is 28.1 Å². The van der Waals surface area contributed by atoms with E-state index in [2.05, 4.69) is 28.5 Å². The number of aromatic nitrogens is 1. The number of aliphatic hydroxyl groups is 1. The van der Waals surface area contributed by atoms with Crippen molar-refractivity contribution in [3.63, 3.8) is 0 Å². The number of ether oxygens (including phenoxy) is 1. The summed E-state index contributed by atoms with van der Waals surface area (Å²) in [4.78, 5) is 4.43. The third-order valence-corrected chi connectivity index (χ3v) is 4.56. The first-order valence-electron chi connectivity index (χ1n) is 9.11. The topological polar surface area (TPSA) is 78.2 Å². The van der Waals surface area contributed by atoms with E-state index in [1.807, 2.05) is 38.1 Å². The molecule has 1 heterocycles. The van der Waals surface area contributed by atoms with Crippen molar-refractivity contribution in [2.75, 3.05) is 5.32 Å². The maximum Gasteiger partial charge on any atom is 0.146 e. The average Bonchev–Trinajstić information content (AvgIpc) is 2.73. The zero-order valence-electron chi connectivity index (χ0n) is 16.1. The van der Waals surface area contributed by atoms with Crippen LogP contribution in [0, 0.1) is 25.2 Å². The smallest absolute Gasteiger partial charge is 0.146 e. The highest BCUT2D eigenvalue weighted by Crippen LogP contribution is 2.27. The molecule has 0 aliphatic rings. The molecule has 0 saturated heterocycles. The van der Waals surface area contributed by atoms with Crippen LogP contribution in [-0.4, -0.2) is 10.1 Å². The van der Waals surface area contributed by atoms with Gasteiger partial charge in [0.15, 0.2) is 0 Å². The van der Waals surface area contributed by atoms with Gasteiger partial charge in [0.1, 0.15) is 12.4 Å². The fraction of sp³-hybridized carbons (Fsp3) is 0.217. The number of aryl methyl sites for hydroxylation is 2. The Bertz CT molecular complexity index is 974. The van der Waals surface area contributed by atoms with Crippen molar-refractivity contribution >= 4 is 5.69 Å². The van der Waals surface area contributed by atoms with E-state index in [1.165, 1.54) is 5.56 Å². The second-order valence-electron chi connectivity index (χ2n) is 6.65. The summed E-state index contributed by atoms with van der Waals surface area (Å²) in [5, 5.41) is 22.1. The molecule has 0 aliphatic carbocycles. The molecule has 3 rings (SSSR count). The fourth-order valence-electron chi connectivity index (χ4n) is 2.89. The Hall–Kier alpha value is -3.36. The van der Waals surface area contributed by atoms with Crippen LogP contribution in [0.1, 0.15) is 33.5 Å². The SMILES string of the molecule is Cc1ccc(COc2c(C)ncc(CNc3ccc(C#N)cc3)c2CO)cc1. The molecule has 2 aromatic carbocycles. The number of nitrogens with one attached hydrogen (secondary N) is 1. The van der Waals surface area contributed by atoms with Gasteiger partial charge in [-0.1, -0.05) is 29.8 Å². The number of anilines is 1. The van der Waals surface area contributed by atoms with Crippen LogP contribution in [0.25, 0.3) is 0 Å². The largest absolute Gasteiger partial charge is 0.487 e. The summed E-state index contributed by atoms with van der Waals surface area (Å²) in [5.74, 6) is 0.627. The summed E-state index contributed by atoms with van der Waals surface area (Å²) in [7, 11) is 0. The van der Waals surface area contributed by atoms with Crippen molar-refractivity contribution in [3.05, 3.63) is 88.2 Å². The minimum absolute atomic E-state index is 0.128. The molecule has 5 heteroatoms. The lowest BCUT2D eigenvalue weighted by Gasteiger charge is -2.17. The summed E-state index contributed by atoms with van der Waals surface area (Å²) >= 11 is 0. The summed E-state index contributed by atoms with van der Waals surface area (Å²) in [6.07, 6.45) is 1.76. The molecule has 5 nitrogen and oxygen atoms in total. The molecule has 0 atom stereocenters. The van der Waals surface area contributed by atoms with Gasteiger partial charge in [0.25, 0.3) is 0 Å². The highest BCUT2D eigenvalue weighted by atomic mass is 16.5. The second kappa shape index (κ2) is 9.03. The Labute approximate surface area is 165 Å². The van der Waals surface area contributed by atoms with Gasteiger partial charge in [-0.2, -0.15) is 5.26 Å². The van der Waals surface area contributed by atoms with E-state index >= 15 is 0 Å². The van der Waals surface area contributed by atoms with Gasteiger partial charge in [-0.15, -0.1) is 0 Å². The van der Waals surface area contributed by atoms with Crippen molar-refractivity contribution in [2.24, 2.45) is 0 Å². The monoisotopic (exact) mass is 373 g/mol. The predicted molar refractivity (Wildman–Crippen MR) is 109 cm³/mol. The molecule has 1 aromatic heterocycles. The lowest BCUT2D eigenvalue weighted by atomic mass is 10.1. The van der Waals surface area contributed by atoms with Gasteiger partial charge in [0.05, 0.1) is 23.9 Å². The van der Waals surface area contributed by atoms with Gasteiger partial charge in [-0.3, -0.25) is 4.98 Å². The van der Waals surface area contributed by atoms with Crippen molar-refractivity contribution in [1.82, 2.24) is 4.98 Å². The summed E-state index contributed by atoms with van der Waals surface area (Å²) in [6, 6.07) is 17.5. The van der Waals surface area contributed by atoms with Crippen LogP contribution in [0.4, 0.5) is 5.69 Å². The van der Waals surface area contributed by atoms with Gasteiger partial charge in [0, 0.05) is 24.0 Å². The van der Waals surface area contributed by atoms with Crippen molar-refractivity contribution in [1.29, 1.82) is 5.26 Å². The van der Waals surface area contributed by atoms with Crippen LogP contribution in [-0.2, 0) is 19.8 Å². The zero-order chi connectivity index (χ0) is 19.9. The molecule has 2 N–H and O–H groups in total. The summed E-state index contributed by atoms with van der Waals surface area (Å²) in [6.45, 7) is 4.71. The molecule has 0 unspecified atom stereocenters. The molecule has 142 valence electrons. The molecule has 28 heavy (non-hydrogen) atoms. The molecule has 0 fully saturated rings. The third kappa shape index (κ3) is 4.67. The minimum atomic E-state index is -0.128. The first-order valence-corrected chi connectivity index (χ1v) is 9.11. The number of pyridine rings is 1. The van der Waals surface area contributed by atoms with E-state index in [1.54, 1.807) is 18.3 Å². The van der Waals surface area contributed by atoms with Crippen LogP contribution >= 0.6 is 0 Å². The van der Waals surface area contributed by atoms with Crippen LogP contribution in [0.3, 0.4) is 0 Å². The average molecular weight is 373 g/mol. The van der Waals surface area contributed by atoms with Crippen LogP contribution in [0.15, 0.2) is 54.7 Å². The first-order chi connectivity index (χ1) is 13.6. The van der Waals surface area contributed by atoms with Crippen LogP contribution < -0.4 is 10.1 Å².